The molecule has 0 aliphatic heterocycles. The zero-order chi connectivity index (χ0) is 18.9. The molecule has 8 heteroatoms. The number of aryl methyl sites for hydroxylation is 2. The quantitative estimate of drug-likeness (QED) is 0.734. The highest BCUT2D eigenvalue weighted by Crippen LogP contribution is 2.16. The van der Waals surface area contributed by atoms with Gasteiger partial charge in [0.1, 0.15) is 0 Å². The van der Waals surface area contributed by atoms with E-state index in [1.165, 1.54) is 22.8 Å². The van der Waals surface area contributed by atoms with Crippen molar-refractivity contribution in [3.63, 3.8) is 0 Å². The van der Waals surface area contributed by atoms with E-state index in [-0.39, 0.29) is 16.8 Å². The molecule has 1 aromatic heterocycles. The molecule has 0 atom stereocenters. The average molecular weight is 374 g/mol. The summed E-state index contributed by atoms with van der Waals surface area (Å²) in [4.78, 5) is 23.6. The molecule has 0 amide bonds. The standard InChI is InChI=1S/C18H18N2O5S/c1-3-20-16-9-8-14(10-15(16)17(21)25-18(20)22)26(23,24)19-11-13-6-4-12(2)5-7-13/h4-10,19H,3,11H2,1-2H3. The monoisotopic (exact) mass is 374 g/mol. The van der Waals surface area contributed by atoms with Gasteiger partial charge in [-0.2, -0.15) is 0 Å². The van der Waals surface area contributed by atoms with Crippen LogP contribution in [-0.2, 0) is 23.1 Å². The van der Waals surface area contributed by atoms with E-state index in [0.717, 1.165) is 11.1 Å². The first-order chi connectivity index (χ1) is 12.3. The molecule has 26 heavy (non-hydrogen) atoms. The summed E-state index contributed by atoms with van der Waals surface area (Å²) in [5.74, 6) is -0.766. The van der Waals surface area contributed by atoms with E-state index in [9.17, 15) is 18.0 Å². The fourth-order valence-electron chi connectivity index (χ4n) is 2.64. The van der Waals surface area contributed by atoms with E-state index in [0.29, 0.717) is 12.1 Å². The number of aromatic nitrogens is 1. The van der Waals surface area contributed by atoms with Gasteiger partial charge >= 0.3 is 11.4 Å². The van der Waals surface area contributed by atoms with Gasteiger partial charge in [-0.05, 0) is 37.6 Å². The Morgan fingerprint density at radius 2 is 1.77 bits per heavy atom. The number of hydrogen-bond acceptors (Lipinski definition) is 5. The van der Waals surface area contributed by atoms with Gasteiger partial charge in [-0.15, -0.1) is 0 Å². The number of fused-ring (bicyclic) bond motifs is 1. The first kappa shape index (κ1) is 18.1. The first-order valence-corrected chi connectivity index (χ1v) is 9.53. The van der Waals surface area contributed by atoms with E-state index >= 15 is 0 Å². The van der Waals surface area contributed by atoms with Gasteiger partial charge in [-0.1, -0.05) is 29.8 Å². The van der Waals surface area contributed by atoms with Gasteiger partial charge in [-0.25, -0.2) is 22.7 Å². The first-order valence-electron chi connectivity index (χ1n) is 8.05. The molecule has 0 bridgehead atoms. The summed E-state index contributed by atoms with van der Waals surface area (Å²) in [7, 11) is -3.82. The van der Waals surface area contributed by atoms with E-state index in [4.69, 9.17) is 0 Å². The van der Waals surface area contributed by atoms with Crippen molar-refractivity contribution in [2.24, 2.45) is 0 Å². The molecule has 0 radical (unpaired) electrons. The summed E-state index contributed by atoms with van der Waals surface area (Å²) in [5, 5.41) is 0.0460. The van der Waals surface area contributed by atoms with Crippen LogP contribution in [-0.4, -0.2) is 13.0 Å². The maximum atomic E-state index is 12.5. The molecular formula is C18H18N2O5S. The maximum Gasteiger partial charge on any atom is 0.422 e. The molecule has 0 saturated heterocycles. The Kier molecular flexibility index (Phi) is 4.80. The summed E-state index contributed by atoms with van der Waals surface area (Å²) in [6.45, 7) is 4.11. The number of nitrogens with zero attached hydrogens (tertiary/aromatic N) is 1. The normalized spacial score (nSPS) is 11.8. The fraction of sp³-hybridized carbons (Fsp3) is 0.222. The van der Waals surface area contributed by atoms with Crippen molar-refractivity contribution in [1.82, 2.24) is 9.29 Å². The molecule has 1 N–H and O–H groups in total. The van der Waals surface area contributed by atoms with Gasteiger partial charge in [0.2, 0.25) is 10.0 Å². The lowest BCUT2D eigenvalue weighted by atomic mass is 10.2. The zero-order valence-corrected chi connectivity index (χ0v) is 15.2. The molecule has 7 nitrogen and oxygen atoms in total. The van der Waals surface area contributed by atoms with Crippen LogP contribution in [0.4, 0.5) is 0 Å². The minimum atomic E-state index is -3.82. The third kappa shape index (κ3) is 3.47. The Labute approximate surface area is 149 Å². The van der Waals surface area contributed by atoms with Gasteiger partial charge in [0.25, 0.3) is 0 Å². The molecule has 136 valence electrons. The molecule has 0 fully saturated rings. The number of benzene rings is 2. The molecule has 0 spiro atoms. The van der Waals surface area contributed by atoms with Crippen LogP contribution in [0.5, 0.6) is 0 Å². The van der Waals surface area contributed by atoms with Crippen LogP contribution in [0.15, 0.2) is 61.4 Å². The smallest absolute Gasteiger partial charge is 0.372 e. The Balaban J connectivity index is 1.97. The Morgan fingerprint density at radius 3 is 2.42 bits per heavy atom. The Hall–Kier alpha value is -2.71. The van der Waals surface area contributed by atoms with Crippen LogP contribution >= 0.6 is 0 Å². The zero-order valence-electron chi connectivity index (χ0n) is 14.4. The van der Waals surface area contributed by atoms with Gasteiger partial charge in [-0.3, -0.25) is 4.57 Å². The van der Waals surface area contributed by atoms with Crippen molar-refractivity contribution >= 4 is 20.9 Å². The fourth-order valence-corrected chi connectivity index (χ4v) is 3.68. The highest BCUT2D eigenvalue weighted by molar-refractivity contribution is 7.89. The maximum absolute atomic E-state index is 12.5. The Bertz CT molecular complexity index is 1170. The Morgan fingerprint density at radius 1 is 1.08 bits per heavy atom. The van der Waals surface area contributed by atoms with Crippen molar-refractivity contribution in [1.29, 1.82) is 0 Å². The number of sulfonamides is 1. The van der Waals surface area contributed by atoms with Gasteiger partial charge in [0.05, 0.1) is 15.8 Å². The summed E-state index contributed by atoms with van der Waals surface area (Å²) >= 11 is 0. The predicted molar refractivity (Wildman–Crippen MR) is 97.6 cm³/mol. The number of nitrogens with one attached hydrogen (secondary N) is 1. The molecule has 2 aromatic carbocycles. The third-order valence-corrected chi connectivity index (χ3v) is 5.49. The lowest BCUT2D eigenvalue weighted by Gasteiger charge is -2.09. The molecule has 3 aromatic rings. The largest absolute Gasteiger partial charge is 0.422 e. The molecule has 0 unspecified atom stereocenters. The lowest BCUT2D eigenvalue weighted by Crippen LogP contribution is -2.26. The third-order valence-electron chi connectivity index (χ3n) is 4.09. The van der Waals surface area contributed by atoms with Gasteiger partial charge < -0.3 is 4.42 Å². The van der Waals surface area contributed by atoms with Crippen molar-refractivity contribution in [2.45, 2.75) is 31.8 Å². The van der Waals surface area contributed by atoms with Crippen LogP contribution in [0.3, 0.4) is 0 Å². The molecule has 3 rings (SSSR count). The van der Waals surface area contributed by atoms with Gasteiger partial charge in [0, 0.05) is 13.1 Å². The van der Waals surface area contributed by atoms with Crippen LogP contribution in [0.2, 0.25) is 0 Å². The summed E-state index contributed by atoms with van der Waals surface area (Å²) < 4.78 is 33.5. The second kappa shape index (κ2) is 6.89. The van der Waals surface area contributed by atoms with E-state index in [1.54, 1.807) is 6.92 Å². The topological polar surface area (TPSA) is 98.4 Å². The predicted octanol–water partition coefficient (Wildman–Crippen LogP) is 1.76. The van der Waals surface area contributed by atoms with Crippen LogP contribution < -0.4 is 16.1 Å². The lowest BCUT2D eigenvalue weighted by molar-refractivity contribution is 0.421. The minimum Gasteiger partial charge on any atom is -0.372 e. The van der Waals surface area contributed by atoms with Crippen molar-refractivity contribution in [2.75, 3.05) is 0 Å². The molecule has 0 aliphatic carbocycles. The van der Waals surface area contributed by atoms with E-state index in [2.05, 4.69) is 9.14 Å². The second-order valence-electron chi connectivity index (χ2n) is 5.89. The average Bonchev–Trinajstić information content (AvgIpc) is 2.61. The highest BCUT2D eigenvalue weighted by Gasteiger charge is 2.17. The summed E-state index contributed by atoms with van der Waals surface area (Å²) in [6.07, 6.45) is 0. The van der Waals surface area contributed by atoms with Crippen LogP contribution in [0.25, 0.3) is 10.9 Å². The molecular weight excluding hydrogens is 356 g/mol. The minimum absolute atomic E-state index is 0.0460. The summed E-state index contributed by atoms with van der Waals surface area (Å²) in [5.41, 5.74) is 1.38. The van der Waals surface area contributed by atoms with Gasteiger partial charge in [0.15, 0.2) is 0 Å². The van der Waals surface area contributed by atoms with Crippen molar-refractivity contribution in [3.8, 4) is 0 Å². The number of hydrogen-bond donors (Lipinski definition) is 1. The molecule has 1 heterocycles. The van der Waals surface area contributed by atoms with Crippen LogP contribution in [0, 0.1) is 6.92 Å². The molecule has 0 aliphatic rings. The molecule has 0 saturated carbocycles. The van der Waals surface area contributed by atoms with Crippen molar-refractivity contribution in [3.05, 3.63) is 74.6 Å². The van der Waals surface area contributed by atoms with E-state index in [1.807, 2.05) is 31.2 Å². The summed E-state index contributed by atoms with van der Waals surface area (Å²) in [6, 6.07) is 11.5. The SMILES string of the molecule is CCn1c(=O)oc(=O)c2cc(S(=O)(=O)NCc3ccc(C)cc3)ccc21. The van der Waals surface area contributed by atoms with Crippen molar-refractivity contribution < 1.29 is 12.8 Å². The second-order valence-corrected chi connectivity index (χ2v) is 7.66. The highest BCUT2D eigenvalue weighted by atomic mass is 32.2. The van der Waals surface area contributed by atoms with E-state index < -0.39 is 21.4 Å². The number of rotatable bonds is 5. The van der Waals surface area contributed by atoms with Crippen LogP contribution in [0.1, 0.15) is 18.1 Å².